The molecule has 0 aromatic carbocycles. The molecule has 18 heavy (non-hydrogen) atoms. The fourth-order valence-corrected chi connectivity index (χ4v) is 2.52. The molecule has 1 aromatic rings. The molecule has 0 unspecified atom stereocenters. The highest BCUT2D eigenvalue weighted by Gasteiger charge is 2.27. The molecular weight excluding hydrogens is 232 g/mol. The smallest absolute Gasteiger partial charge is 0.293 e. The fraction of sp³-hybridized carbons (Fsp3) is 0.750. The van der Waals surface area contributed by atoms with E-state index in [1.807, 2.05) is 0 Å². The van der Waals surface area contributed by atoms with Crippen molar-refractivity contribution in [1.29, 1.82) is 0 Å². The number of aromatic amines is 1. The summed E-state index contributed by atoms with van der Waals surface area (Å²) in [6, 6.07) is 0.220. The van der Waals surface area contributed by atoms with Crippen LogP contribution in [0.3, 0.4) is 0 Å². The van der Waals surface area contributed by atoms with Crippen LogP contribution in [0.4, 0.5) is 0 Å². The van der Waals surface area contributed by atoms with E-state index in [1.165, 1.54) is 6.42 Å². The van der Waals surface area contributed by atoms with Gasteiger partial charge in [0.2, 0.25) is 5.82 Å². The van der Waals surface area contributed by atoms with Gasteiger partial charge in [0.15, 0.2) is 0 Å². The van der Waals surface area contributed by atoms with E-state index >= 15 is 0 Å². The molecule has 1 fully saturated rings. The maximum atomic E-state index is 12.3. The van der Waals surface area contributed by atoms with Crippen molar-refractivity contribution in [2.45, 2.75) is 45.1 Å². The molecule has 0 saturated heterocycles. The molecule has 0 aliphatic heterocycles. The Bertz CT molecular complexity index is 399. The molecular formula is C12H20N4O2. The number of carbonyl (C=O) groups is 1. The van der Waals surface area contributed by atoms with Gasteiger partial charge in [0.05, 0.1) is 6.61 Å². The van der Waals surface area contributed by atoms with Crippen molar-refractivity contribution >= 4 is 5.91 Å². The second-order valence-corrected chi connectivity index (χ2v) is 4.76. The van der Waals surface area contributed by atoms with Crippen molar-refractivity contribution in [3.05, 3.63) is 11.6 Å². The lowest BCUT2D eigenvalue weighted by Gasteiger charge is -2.33. The quantitative estimate of drug-likeness (QED) is 0.833. The minimum atomic E-state index is -0.180. The Labute approximate surface area is 106 Å². The van der Waals surface area contributed by atoms with E-state index in [2.05, 4.69) is 15.2 Å². The maximum Gasteiger partial charge on any atom is 0.293 e. The van der Waals surface area contributed by atoms with Crippen LogP contribution < -0.4 is 0 Å². The number of amides is 1. The van der Waals surface area contributed by atoms with Crippen LogP contribution in [0.1, 0.15) is 48.5 Å². The van der Waals surface area contributed by atoms with Crippen LogP contribution in [0.15, 0.2) is 0 Å². The zero-order chi connectivity index (χ0) is 13.0. The summed E-state index contributed by atoms with van der Waals surface area (Å²) in [4.78, 5) is 18.1. The topological polar surface area (TPSA) is 82.1 Å². The van der Waals surface area contributed by atoms with Gasteiger partial charge >= 0.3 is 0 Å². The van der Waals surface area contributed by atoms with Crippen molar-refractivity contribution in [2.24, 2.45) is 0 Å². The van der Waals surface area contributed by atoms with Gasteiger partial charge in [-0.2, -0.15) is 0 Å². The van der Waals surface area contributed by atoms with E-state index < -0.39 is 0 Å². The Morgan fingerprint density at radius 3 is 2.72 bits per heavy atom. The normalized spacial score (nSPS) is 16.8. The number of H-pyrrole nitrogens is 1. The number of hydrogen-bond acceptors (Lipinski definition) is 4. The number of aromatic nitrogens is 3. The average Bonchev–Trinajstić information content (AvgIpc) is 2.83. The summed E-state index contributed by atoms with van der Waals surface area (Å²) in [5, 5.41) is 15.7. The molecule has 0 bridgehead atoms. The summed E-state index contributed by atoms with van der Waals surface area (Å²) in [6.07, 6.45) is 5.54. The average molecular weight is 252 g/mol. The van der Waals surface area contributed by atoms with E-state index in [-0.39, 0.29) is 24.4 Å². The molecule has 0 radical (unpaired) electrons. The van der Waals surface area contributed by atoms with Crippen molar-refractivity contribution < 1.29 is 9.90 Å². The van der Waals surface area contributed by atoms with Crippen LogP contribution in [0.2, 0.25) is 0 Å². The summed E-state index contributed by atoms with van der Waals surface area (Å²) in [5.74, 6) is 0.651. The van der Waals surface area contributed by atoms with Crippen LogP contribution in [0, 0.1) is 6.92 Å². The van der Waals surface area contributed by atoms with Crippen molar-refractivity contribution in [3.63, 3.8) is 0 Å². The summed E-state index contributed by atoms with van der Waals surface area (Å²) >= 11 is 0. The van der Waals surface area contributed by atoms with Gasteiger partial charge in [-0.25, -0.2) is 4.98 Å². The first-order valence-electron chi connectivity index (χ1n) is 6.53. The standard InChI is InChI=1S/C12H20N4O2/c1-9-13-11(15-14-9)12(18)16(7-8-17)10-5-3-2-4-6-10/h10,17H,2-8H2,1H3,(H,13,14,15). The first kappa shape index (κ1) is 13.0. The molecule has 1 heterocycles. The maximum absolute atomic E-state index is 12.3. The number of hydrogen-bond donors (Lipinski definition) is 2. The minimum absolute atomic E-state index is 0.0222. The van der Waals surface area contributed by atoms with E-state index in [0.29, 0.717) is 12.4 Å². The lowest BCUT2D eigenvalue weighted by atomic mass is 9.94. The van der Waals surface area contributed by atoms with Crippen LogP contribution in [0.5, 0.6) is 0 Å². The summed E-state index contributed by atoms with van der Waals surface area (Å²) in [5.41, 5.74) is 0. The summed E-state index contributed by atoms with van der Waals surface area (Å²) < 4.78 is 0. The number of aliphatic hydroxyl groups is 1. The predicted octanol–water partition coefficient (Wildman–Crippen LogP) is 0.880. The van der Waals surface area contributed by atoms with E-state index in [4.69, 9.17) is 5.11 Å². The number of aliphatic hydroxyl groups excluding tert-OH is 1. The van der Waals surface area contributed by atoms with Crippen molar-refractivity contribution in [3.8, 4) is 0 Å². The van der Waals surface area contributed by atoms with Crippen LogP contribution in [-0.4, -0.2) is 50.3 Å². The molecule has 6 nitrogen and oxygen atoms in total. The number of nitrogens with one attached hydrogen (secondary N) is 1. The van der Waals surface area contributed by atoms with Gasteiger partial charge in [0, 0.05) is 12.6 Å². The van der Waals surface area contributed by atoms with Crippen LogP contribution in [0.25, 0.3) is 0 Å². The molecule has 100 valence electrons. The zero-order valence-corrected chi connectivity index (χ0v) is 10.7. The highest BCUT2D eigenvalue weighted by atomic mass is 16.3. The summed E-state index contributed by atoms with van der Waals surface area (Å²) in [7, 11) is 0. The van der Waals surface area contributed by atoms with Gasteiger partial charge in [-0.3, -0.25) is 9.89 Å². The van der Waals surface area contributed by atoms with Crippen molar-refractivity contribution in [2.75, 3.05) is 13.2 Å². The van der Waals surface area contributed by atoms with E-state index in [9.17, 15) is 4.79 Å². The molecule has 6 heteroatoms. The molecule has 0 spiro atoms. The van der Waals surface area contributed by atoms with Gasteiger partial charge in [0.1, 0.15) is 5.82 Å². The molecule has 1 aromatic heterocycles. The third kappa shape index (κ3) is 2.87. The SMILES string of the molecule is Cc1nc(C(=O)N(CCO)C2CCCCC2)n[nH]1. The second kappa shape index (κ2) is 5.95. The third-order valence-electron chi connectivity index (χ3n) is 3.41. The third-order valence-corrected chi connectivity index (χ3v) is 3.41. The lowest BCUT2D eigenvalue weighted by molar-refractivity contribution is 0.0573. The van der Waals surface area contributed by atoms with Gasteiger partial charge in [-0.1, -0.05) is 19.3 Å². The van der Waals surface area contributed by atoms with Gasteiger partial charge in [-0.15, -0.1) is 5.10 Å². The number of carbonyl (C=O) groups excluding carboxylic acids is 1. The summed E-state index contributed by atoms with van der Waals surface area (Å²) in [6.45, 7) is 2.10. The Morgan fingerprint density at radius 2 is 2.17 bits per heavy atom. The molecule has 1 saturated carbocycles. The monoisotopic (exact) mass is 252 g/mol. The van der Waals surface area contributed by atoms with Gasteiger partial charge < -0.3 is 10.0 Å². The minimum Gasteiger partial charge on any atom is -0.395 e. The van der Waals surface area contributed by atoms with Gasteiger partial charge in [-0.05, 0) is 19.8 Å². The fourth-order valence-electron chi connectivity index (χ4n) is 2.52. The van der Waals surface area contributed by atoms with Crippen LogP contribution >= 0.6 is 0 Å². The number of aryl methyl sites for hydroxylation is 1. The predicted molar refractivity (Wildman–Crippen MR) is 66.1 cm³/mol. The first-order valence-corrected chi connectivity index (χ1v) is 6.53. The Kier molecular flexibility index (Phi) is 4.30. The Balaban J connectivity index is 2.10. The molecule has 0 atom stereocenters. The second-order valence-electron chi connectivity index (χ2n) is 4.76. The largest absolute Gasteiger partial charge is 0.395 e. The lowest BCUT2D eigenvalue weighted by Crippen LogP contribution is -2.43. The molecule has 2 N–H and O–H groups in total. The Morgan fingerprint density at radius 1 is 1.44 bits per heavy atom. The first-order chi connectivity index (χ1) is 8.72. The van der Waals surface area contributed by atoms with Gasteiger partial charge in [0.25, 0.3) is 5.91 Å². The highest BCUT2D eigenvalue weighted by Crippen LogP contribution is 2.23. The van der Waals surface area contributed by atoms with Crippen molar-refractivity contribution in [1.82, 2.24) is 20.1 Å². The molecule has 1 aliphatic carbocycles. The highest BCUT2D eigenvalue weighted by molar-refractivity contribution is 5.90. The van der Waals surface area contributed by atoms with E-state index in [0.717, 1.165) is 25.7 Å². The Hall–Kier alpha value is -1.43. The number of nitrogens with zero attached hydrogens (tertiary/aromatic N) is 3. The number of rotatable bonds is 4. The molecule has 1 aliphatic rings. The zero-order valence-electron chi connectivity index (χ0n) is 10.7. The molecule has 1 amide bonds. The van der Waals surface area contributed by atoms with Crippen LogP contribution in [-0.2, 0) is 0 Å². The van der Waals surface area contributed by atoms with E-state index in [1.54, 1.807) is 11.8 Å². The molecule has 2 rings (SSSR count).